The fourth-order valence-electron chi connectivity index (χ4n) is 2.63. The van der Waals surface area contributed by atoms with Crippen molar-refractivity contribution in [1.29, 1.82) is 0 Å². The van der Waals surface area contributed by atoms with E-state index in [0.29, 0.717) is 0 Å². The average molecular weight is 226 g/mol. The van der Waals surface area contributed by atoms with E-state index in [-0.39, 0.29) is 0 Å². The van der Waals surface area contributed by atoms with Gasteiger partial charge in [0.2, 0.25) is 0 Å². The average Bonchev–Trinajstić information content (AvgIpc) is 2.72. The number of nitrogens with one attached hydrogen (secondary N) is 1. The molecule has 0 unspecified atom stereocenters. The summed E-state index contributed by atoms with van der Waals surface area (Å²) in [6, 6.07) is 0. The first-order valence-electron chi connectivity index (χ1n) is 6.35. The van der Waals surface area contributed by atoms with Crippen LogP contribution in [0.2, 0.25) is 0 Å². The third-order valence-corrected chi connectivity index (χ3v) is 3.79. The summed E-state index contributed by atoms with van der Waals surface area (Å²) < 4.78 is 0. The minimum atomic E-state index is 1.07. The van der Waals surface area contributed by atoms with Gasteiger partial charge in [-0.15, -0.1) is 0 Å². The van der Waals surface area contributed by atoms with Crippen LogP contribution >= 0.6 is 0 Å². The number of nitrogens with zero attached hydrogens (tertiary/aromatic N) is 1. The maximum Gasteiger partial charge on any atom is 0.0700 e. The minimum absolute atomic E-state index is 1.07. The van der Waals surface area contributed by atoms with Gasteiger partial charge in [0.15, 0.2) is 0 Å². The van der Waals surface area contributed by atoms with Gasteiger partial charge in [0.05, 0.1) is 5.69 Å². The van der Waals surface area contributed by atoms with Gasteiger partial charge in [0.25, 0.3) is 0 Å². The maximum absolute atomic E-state index is 4.35. The van der Waals surface area contributed by atoms with Gasteiger partial charge in [-0.05, 0) is 56.8 Å². The highest BCUT2D eigenvalue weighted by atomic mass is 15.1. The van der Waals surface area contributed by atoms with Gasteiger partial charge in [-0.1, -0.05) is 17.7 Å². The molecular formula is C15H18N2. The number of aromatic nitrogens is 2. The molecule has 0 spiro atoms. The molecule has 0 radical (unpaired) electrons. The predicted octanol–water partition coefficient (Wildman–Crippen LogP) is 3.71. The quantitative estimate of drug-likeness (QED) is 0.777. The second kappa shape index (κ2) is 4.02. The fourth-order valence-corrected chi connectivity index (χ4v) is 2.63. The lowest BCUT2D eigenvalue weighted by Gasteiger charge is -2.18. The van der Waals surface area contributed by atoms with Crippen LogP contribution in [0.1, 0.15) is 43.1 Å². The molecule has 88 valence electrons. The minimum Gasteiger partial charge on any atom is -0.282 e. The van der Waals surface area contributed by atoms with Crippen LogP contribution in [0.3, 0.4) is 0 Å². The molecule has 0 aliphatic heterocycles. The molecule has 2 nitrogen and oxygen atoms in total. The van der Waals surface area contributed by atoms with E-state index >= 15 is 0 Å². The van der Waals surface area contributed by atoms with Gasteiger partial charge in [0.1, 0.15) is 0 Å². The number of allylic oxidation sites excluding steroid dienone is 5. The van der Waals surface area contributed by atoms with Crippen molar-refractivity contribution in [2.45, 2.75) is 39.5 Å². The van der Waals surface area contributed by atoms with Crippen LogP contribution in [0, 0.1) is 6.92 Å². The summed E-state index contributed by atoms with van der Waals surface area (Å²) >= 11 is 0. The largest absolute Gasteiger partial charge is 0.282 e. The molecule has 1 heterocycles. The smallest absolute Gasteiger partial charge is 0.0700 e. The number of aryl methyl sites for hydroxylation is 2. The third-order valence-electron chi connectivity index (χ3n) is 3.79. The highest BCUT2D eigenvalue weighted by molar-refractivity contribution is 5.65. The van der Waals surface area contributed by atoms with Crippen molar-refractivity contribution < 1.29 is 0 Å². The highest BCUT2D eigenvalue weighted by Gasteiger charge is 2.17. The van der Waals surface area contributed by atoms with Gasteiger partial charge in [-0.3, -0.25) is 5.10 Å². The zero-order valence-electron chi connectivity index (χ0n) is 10.5. The summed E-state index contributed by atoms with van der Waals surface area (Å²) in [4.78, 5) is 0. The standard InChI is InChI=1S/C15H18N2/c1-10-3-5-12(6-4-10)13-7-8-15-14(9-13)11(2)16-17-15/h3,5,9H,4,6-8H2,1-2H3,(H,16,17). The molecule has 2 aliphatic carbocycles. The second-order valence-corrected chi connectivity index (χ2v) is 5.08. The van der Waals surface area contributed by atoms with E-state index in [1.807, 2.05) is 0 Å². The number of aromatic amines is 1. The van der Waals surface area contributed by atoms with Gasteiger partial charge in [-0.2, -0.15) is 5.10 Å². The van der Waals surface area contributed by atoms with Crippen molar-refractivity contribution in [2.75, 3.05) is 0 Å². The molecule has 3 rings (SSSR count). The Bertz CT molecular complexity index is 541. The van der Waals surface area contributed by atoms with Crippen LogP contribution in [0.25, 0.3) is 6.08 Å². The molecule has 2 aliphatic rings. The molecule has 1 N–H and O–H groups in total. The third kappa shape index (κ3) is 1.88. The Hall–Kier alpha value is -1.57. The number of rotatable bonds is 1. The van der Waals surface area contributed by atoms with E-state index in [1.165, 1.54) is 46.5 Å². The van der Waals surface area contributed by atoms with Gasteiger partial charge < -0.3 is 0 Å². The van der Waals surface area contributed by atoms with Crippen molar-refractivity contribution in [3.05, 3.63) is 45.8 Å². The van der Waals surface area contributed by atoms with Crippen LogP contribution in [0.15, 0.2) is 28.9 Å². The number of hydrogen-bond acceptors (Lipinski definition) is 1. The summed E-state index contributed by atoms with van der Waals surface area (Å²) in [5.41, 5.74) is 8.26. The Kier molecular flexibility index (Phi) is 2.50. The van der Waals surface area contributed by atoms with E-state index in [0.717, 1.165) is 12.8 Å². The van der Waals surface area contributed by atoms with Crippen LogP contribution < -0.4 is 0 Å². The van der Waals surface area contributed by atoms with Crippen LogP contribution in [-0.2, 0) is 6.42 Å². The molecule has 17 heavy (non-hydrogen) atoms. The summed E-state index contributed by atoms with van der Waals surface area (Å²) in [6.07, 6.45) is 11.5. The molecule has 0 bridgehead atoms. The summed E-state index contributed by atoms with van der Waals surface area (Å²) in [7, 11) is 0. The molecule has 0 fully saturated rings. The normalized spacial score (nSPS) is 19.3. The van der Waals surface area contributed by atoms with Crippen LogP contribution in [0.5, 0.6) is 0 Å². The first kappa shape index (κ1) is 10.6. The summed E-state index contributed by atoms with van der Waals surface area (Å²) in [5.74, 6) is 0. The molecule has 1 aromatic heterocycles. The number of fused-ring (bicyclic) bond motifs is 1. The van der Waals surface area contributed by atoms with Gasteiger partial charge in [0, 0.05) is 11.3 Å². The van der Waals surface area contributed by atoms with Crippen molar-refractivity contribution in [2.24, 2.45) is 0 Å². The van der Waals surface area contributed by atoms with E-state index < -0.39 is 0 Å². The molecular weight excluding hydrogens is 208 g/mol. The molecule has 0 saturated heterocycles. The molecule has 0 aromatic carbocycles. The fraction of sp³-hybridized carbons (Fsp3) is 0.400. The predicted molar refractivity (Wildman–Crippen MR) is 70.7 cm³/mol. The second-order valence-electron chi connectivity index (χ2n) is 5.08. The number of hydrogen-bond donors (Lipinski definition) is 1. The lowest BCUT2D eigenvalue weighted by molar-refractivity contribution is 0.840. The molecule has 0 amide bonds. The highest BCUT2D eigenvalue weighted by Crippen LogP contribution is 2.32. The lowest BCUT2D eigenvalue weighted by atomic mass is 9.86. The Morgan fingerprint density at radius 1 is 1.00 bits per heavy atom. The van der Waals surface area contributed by atoms with Crippen molar-refractivity contribution >= 4 is 6.08 Å². The van der Waals surface area contributed by atoms with Crippen LogP contribution in [-0.4, -0.2) is 10.2 Å². The van der Waals surface area contributed by atoms with E-state index in [9.17, 15) is 0 Å². The van der Waals surface area contributed by atoms with Gasteiger partial charge >= 0.3 is 0 Å². The molecule has 0 atom stereocenters. The number of H-pyrrole nitrogens is 1. The Morgan fingerprint density at radius 2 is 1.82 bits per heavy atom. The Balaban J connectivity index is 1.96. The van der Waals surface area contributed by atoms with Crippen molar-refractivity contribution in [1.82, 2.24) is 10.2 Å². The van der Waals surface area contributed by atoms with E-state index in [1.54, 1.807) is 0 Å². The lowest BCUT2D eigenvalue weighted by Crippen LogP contribution is -2.03. The summed E-state index contributed by atoms with van der Waals surface area (Å²) in [6.45, 7) is 4.31. The van der Waals surface area contributed by atoms with Crippen molar-refractivity contribution in [3.8, 4) is 0 Å². The monoisotopic (exact) mass is 226 g/mol. The zero-order chi connectivity index (χ0) is 11.8. The van der Waals surface area contributed by atoms with E-state index in [4.69, 9.17) is 0 Å². The SMILES string of the molecule is CC1=CC=C(C2=Cc3c(n[nH]c3C)CC2)CC1. The maximum atomic E-state index is 4.35. The first-order valence-corrected chi connectivity index (χ1v) is 6.35. The summed E-state index contributed by atoms with van der Waals surface area (Å²) in [5, 5.41) is 7.43. The zero-order valence-corrected chi connectivity index (χ0v) is 10.5. The van der Waals surface area contributed by atoms with Gasteiger partial charge in [-0.25, -0.2) is 0 Å². The van der Waals surface area contributed by atoms with Crippen LogP contribution in [0.4, 0.5) is 0 Å². The van der Waals surface area contributed by atoms with Crippen molar-refractivity contribution in [3.63, 3.8) is 0 Å². The Morgan fingerprint density at radius 3 is 2.59 bits per heavy atom. The topological polar surface area (TPSA) is 28.7 Å². The first-order chi connectivity index (χ1) is 8.24. The van der Waals surface area contributed by atoms with E-state index in [2.05, 4.69) is 42.3 Å². The molecule has 1 aromatic rings. The molecule has 0 saturated carbocycles. The Labute approximate surface area is 102 Å². The molecule has 2 heteroatoms.